The van der Waals surface area contributed by atoms with E-state index < -0.39 is 39.7 Å². The van der Waals surface area contributed by atoms with Crippen molar-refractivity contribution in [2.24, 2.45) is 0 Å². The summed E-state index contributed by atoms with van der Waals surface area (Å²) in [6.07, 6.45) is 0.0258. The van der Waals surface area contributed by atoms with Crippen LogP contribution in [0.15, 0.2) is 18.2 Å². The molecule has 1 aromatic rings. The van der Waals surface area contributed by atoms with Gasteiger partial charge in [-0.25, -0.2) is 8.78 Å². The minimum atomic E-state index is -1.46. The first-order chi connectivity index (χ1) is 11.0. The average molecular weight is 380 g/mol. The molecule has 7 heteroatoms. The molecular formula is C17H24ClF2NO2S. The van der Waals surface area contributed by atoms with E-state index in [0.29, 0.717) is 5.56 Å². The van der Waals surface area contributed by atoms with Gasteiger partial charge >= 0.3 is 0 Å². The summed E-state index contributed by atoms with van der Waals surface area (Å²) in [7, 11) is 0. The number of hydrogen-bond acceptors (Lipinski definition) is 3. The van der Waals surface area contributed by atoms with Crippen LogP contribution in [0.3, 0.4) is 0 Å². The van der Waals surface area contributed by atoms with E-state index in [-0.39, 0.29) is 30.7 Å². The fraction of sp³-hybridized carbons (Fsp3) is 0.647. The van der Waals surface area contributed by atoms with E-state index in [9.17, 15) is 18.4 Å². The van der Waals surface area contributed by atoms with Crippen LogP contribution in [0.25, 0.3) is 0 Å². The summed E-state index contributed by atoms with van der Waals surface area (Å²) in [5.74, 6) is -0.560. The Morgan fingerprint density at radius 3 is 2.46 bits per heavy atom. The molecule has 3 nitrogen and oxygen atoms in total. The zero-order valence-corrected chi connectivity index (χ0v) is 15.7. The van der Waals surface area contributed by atoms with Crippen LogP contribution in [-0.4, -0.2) is 26.2 Å². The first-order valence-corrected chi connectivity index (χ1v) is 9.55. The van der Waals surface area contributed by atoms with Gasteiger partial charge in [0.25, 0.3) is 0 Å². The molecule has 1 fully saturated rings. The van der Waals surface area contributed by atoms with Gasteiger partial charge in [-0.1, -0.05) is 17.7 Å². The summed E-state index contributed by atoms with van der Waals surface area (Å²) in [4.78, 5) is 0. The van der Waals surface area contributed by atoms with Crippen molar-refractivity contribution in [3.63, 3.8) is 0 Å². The van der Waals surface area contributed by atoms with E-state index in [0.717, 1.165) is 0 Å². The van der Waals surface area contributed by atoms with E-state index >= 15 is 0 Å². The van der Waals surface area contributed by atoms with Crippen LogP contribution < -0.4 is 4.72 Å². The van der Waals surface area contributed by atoms with Crippen LogP contribution in [-0.2, 0) is 11.4 Å². The van der Waals surface area contributed by atoms with Gasteiger partial charge in [-0.15, -0.1) is 4.72 Å². The molecule has 0 radical (unpaired) electrons. The Hall–Kier alpha value is -0.400. The topological polar surface area (TPSA) is 55.3 Å². The predicted octanol–water partition coefficient (Wildman–Crippen LogP) is 4.22. The molecular weight excluding hydrogens is 356 g/mol. The first kappa shape index (κ1) is 19.9. The Bertz CT molecular complexity index is 574. The number of rotatable bonds is 4. The number of hydrogen-bond donors (Lipinski definition) is 2. The van der Waals surface area contributed by atoms with Crippen LogP contribution in [0, 0.1) is 5.82 Å². The van der Waals surface area contributed by atoms with Crippen molar-refractivity contribution < 1.29 is 18.4 Å². The zero-order chi connectivity index (χ0) is 18.1. The summed E-state index contributed by atoms with van der Waals surface area (Å²) in [6, 6.07) is 3.44. The number of alkyl halides is 1. The van der Waals surface area contributed by atoms with E-state index in [4.69, 9.17) is 11.6 Å². The highest BCUT2D eigenvalue weighted by atomic mass is 35.5. The van der Waals surface area contributed by atoms with E-state index in [1.165, 1.54) is 18.2 Å². The molecule has 0 spiro atoms. The highest BCUT2D eigenvalue weighted by Gasteiger charge is 2.45. The molecule has 1 saturated carbocycles. The molecule has 24 heavy (non-hydrogen) atoms. The second kappa shape index (κ2) is 7.46. The lowest BCUT2D eigenvalue weighted by molar-refractivity contribution is -0.0408. The van der Waals surface area contributed by atoms with Crippen LogP contribution in [0.2, 0.25) is 5.02 Å². The molecule has 1 aliphatic carbocycles. The third kappa shape index (κ3) is 4.61. The lowest BCUT2D eigenvalue weighted by Crippen LogP contribution is -2.51. The monoisotopic (exact) mass is 379 g/mol. The SMILES string of the molecule is CC(C)(C)[S+]([O-])N[C@@H](c1ccc(F)c(Cl)c1)[C@]1(O)CC[C@H](F)CC1. The third-order valence-corrected chi connectivity index (χ3v) is 6.23. The molecule has 0 heterocycles. The van der Waals surface area contributed by atoms with Crippen molar-refractivity contribution in [2.45, 2.75) is 69.0 Å². The van der Waals surface area contributed by atoms with Crippen LogP contribution in [0.1, 0.15) is 58.1 Å². The van der Waals surface area contributed by atoms with E-state index in [1.807, 2.05) is 20.8 Å². The molecule has 2 rings (SSSR count). The summed E-state index contributed by atoms with van der Waals surface area (Å²) in [5, 5.41) is 11.0. The maximum absolute atomic E-state index is 13.5. The van der Waals surface area contributed by atoms with Crippen molar-refractivity contribution >= 4 is 23.0 Å². The number of benzene rings is 1. The minimum absolute atomic E-state index is 0.0661. The largest absolute Gasteiger partial charge is 0.598 e. The van der Waals surface area contributed by atoms with Gasteiger partial charge in [0.15, 0.2) is 0 Å². The second-order valence-corrected chi connectivity index (χ2v) is 9.79. The summed E-state index contributed by atoms with van der Waals surface area (Å²) >= 11 is 4.41. The van der Waals surface area contributed by atoms with Gasteiger partial charge in [0.1, 0.15) is 22.8 Å². The molecule has 136 valence electrons. The van der Waals surface area contributed by atoms with Gasteiger partial charge in [0.2, 0.25) is 0 Å². The fourth-order valence-electron chi connectivity index (χ4n) is 2.83. The molecule has 0 aromatic heterocycles. The molecule has 0 amide bonds. The maximum atomic E-state index is 13.5. The van der Waals surface area contributed by atoms with Crippen LogP contribution in [0.4, 0.5) is 8.78 Å². The van der Waals surface area contributed by atoms with E-state index in [2.05, 4.69) is 4.72 Å². The van der Waals surface area contributed by atoms with Crippen molar-refractivity contribution in [1.29, 1.82) is 0 Å². The molecule has 1 unspecified atom stereocenters. The number of halogens is 3. The van der Waals surface area contributed by atoms with Gasteiger partial charge in [-0.3, -0.25) is 0 Å². The first-order valence-electron chi connectivity index (χ1n) is 8.02. The Morgan fingerprint density at radius 2 is 1.96 bits per heavy atom. The lowest BCUT2D eigenvalue weighted by Gasteiger charge is -2.41. The van der Waals surface area contributed by atoms with Crippen LogP contribution >= 0.6 is 11.6 Å². The Morgan fingerprint density at radius 1 is 1.38 bits per heavy atom. The smallest absolute Gasteiger partial charge is 0.141 e. The Balaban J connectivity index is 2.35. The quantitative estimate of drug-likeness (QED) is 0.770. The van der Waals surface area contributed by atoms with Gasteiger partial charge in [0.05, 0.1) is 10.6 Å². The molecule has 0 bridgehead atoms. The van der Waals surface area contributed by atoms with Crippen molar-refractivity contribution in [1.82, 2.24) is 4.72 Å². The summed E-state index contributed by atoms with van der Waals surface area (Å²) < 4.78 is 42.0. The predicted molar refractivity (Wildman–Crippen MR) is 93.5 cm³/mol. The minimum Gasteiger partial charge on any atom is -0.598 e. The molecule has 1 aromatic carbocycles. The third-order valence-electron chi connectivity index (χ3n) is 4.38. The molecule has 2 N–H and O–H groups in total. The Kier molecular flexibility index (Phi) is 6.19. The van der Waals surface area contributed by atoms with Crippen molar-refractivity contribution in [3.8, 4) is 0 Å². The Labute approximate surface area is 150 Å². The van der Waals surface area contributed by atoms with Gasteiger partial charge in [-0.05, 0) is 64.2 Å². The molecule has 0 saturated heterocycles. The molecule has 0 aliphatic heterocycles. The highest BCUT2D eigenvalue weighted by Crippen LogP contribution is 2.41. The normalized spacial score (nSPS) is 27.8. The molecule has 2 atom stereocenters. The van der Waals surface area contributed by atoms with E-state index in [1.54, 1.807) is 0 Å². The summed E-state index contributed by atoms with van der Waals surface area (Å²) in [6.45, 7) is 5.44. The van der Waals surface area contributed by atoms with Crippen molar-refractivity contribution in [2.75, 3.05) is 0 Å². The maximum Gasteiger partial charge on any atom is 0.141 e. The summed E-state index contributed by atoms with van der Waals surface area (Å²) in [5.41, 5.74) is -0.719. The second-order valence-electron chi connectivity index (χ2n) is 7.38. The van der Waals surface area contributed by atoms with Crippen LogP contribution in [0.5, 0.6) is 0 Å². The lowest BCUT2D eigenvalue weighted by atomic mass is 9.77. The van der Waals surface area contributed by atoms with Gasteiger partial charge < -0.3 is 9.66 Å². The van der Waals surface area contributed by atoms with Gasteiger partial charge in [0, 0.05) is 11.4 Å². The molecule has 1 aliphatic rings. The van der Waals surface area contributed by atoms with Crippen molar-refractivity contribution in [3.05, 3.63) is 34.6 Å². The zero-order valence-electron chi connectivity index (χ0n) is 14.1. The highest BCUT2D eigenvalue weighted by molar-refractivity contribution is 7.90. The number of aliphatic hydroxyl groups is 1. The number of nitrogens with one attached hydrogen (secondary N) is 1. The standard InChI is InChI=1S/C17H24ClF2NO2S/c1-16(2,3)24(23)21-15(11-4-5-14(20)13(18)10-11)17(22)8-6-12(19)7-9-17/h4-5,10,12,15,21-22H,6-9H2,1-3H3/t12-,15-,17-,24?/m0/s1. The average Bonchev–Trinajstić information content (AvgIpc) is 2.49. The fourth-order valence-corrected chi connectivity index (χ4v) is 3.95. The van der Waals surface area contributed by atoms with Gasteiger partial charge in [-0.2, -0.15) is 0 Å².